The number of nitriles is 1. The average molecular weight is 526 g/mol. The highest BCUT2D eigenvalue weighted by molar-refractivity contribution is 9.10. The molecule has 1 amide bonds. The van der Waals surface area contributed by atoms with Gasteiger partial charge in [-0.15, -0.1) is 0 Å². The number of hydrogen-bond donors (Lipinski definition) is 1. The van der Waals surface area contributed by atoms with E-state index in [2.05, 4.69) is 21.2 Å². The number of carbonyl (C=O) groups is 1. The summed E-state index contributed by atoms with van der Waals surface area (Å²) in [6, 6.07) is 20.3. The lowest BCUT2D eigenvalue weighted by atomic mass is 10.1. The van der Waals surface area contributed by atoms with Gasteiger partial charge in [0.2, 0.25) is 0 Å². The lowest BCUT2D eigenvalue weighted by molar-refractivity contribution is -0.112. The predicted molar refractivity (Wildman–Crippen MR) is 134 cm³/mol. The van der Waals surface area contributed by atoms with Crippen LogP contribution in [0.5, 0.6) is 11.5 Å². The van der Waals surface area contributed by atoms with Crippen molar-refractivity contribution in [2.75, 3.05) is 11.9 Å². The largest absolute Gasteiger partial charge is 0.490 e. The minimum atomic E-state index is -0.518. The number of benzene rings is 3. The Labute approximate surface area is 206 Å². The van der Waals surface area contributed by atoms with E-state index >= 15 is 0 Å². The van der Waals surface area contributed by atoms with Crippen LogP contribution in [-0.4, -0.2) is 12.5 Å². The van der Waals surface area contributed by atoms with Crippen LogP contribution in [0.1, 0.15) is 23.6 Å². The van der Waals surface area contributed by atoms with E-state index in [1.54, 1.807) is 43.3 Å². The fourth-order valence-corrected chi connectivity index (χ4v) is 3.59. The van der Waals surface area contributed by atoms with E-state index in [-0.39, 0.29) is 5.57 Å². The van der Waals surface area contributed by atoms with Gasteiger partial charge in [-0.05, 0) is 61.4 Å². The second-order valence-electron chi connectivity index (χ2n) is 7.06. The smallest absolute Gasteiger partial charge is 0.266 e. The number of ether oxygens (including phenoxy) is 2. The molecule has 0 saturated heterocycles. The lowest BCUT2D eigenvalue weighted by Gasteiger charge is -2.13. The highest BCUT2D eigenvalue weighted by Crippen LogP contribution is 2.31. The molecule has 0 aromatic heterocycles. The van der Waals surface area contributed by atoms with E-state index in [1.807, 2.05) is 37.3 Å². The maximum atomic E-state index is 12.7. The van der Waals surface area contributed by atoms with Crippen molar-refractivity contribution in [2.24, 2.45) is 0 Å². The first-order valence-corrected chi connectivity index (χ1v) is 11.4. The summed E-state index contributed by atoms with van der Waals surface area (Å²) in [4.78, 5) is 12.7. The third-order valence-corrected chi connectivity index (χ3v) is 5.98. The molecule has 0 atom stereocenters. The number of anilines is 1. The van der Waals surface area contributed by atoms with E-state index in [0.29, 0.717) is 41.0 Å². The zero-order chi connectivity index (χ0) is 23.8. The van der Waals surface area contributed by atoms with Gasteiger partial charge in [0.15, 0.2) is 11.5 Å². The first kappa shape index (κ1) is 24.4. The summed E-state index contributed by atoms with van der Waals surface area (Å²) in [6.07, 6.45) is 1.51. The minimum Gasteiger partial charge on any atom is -0.490 e. The van der Waals surface area contributed by atoms with E-state index in [0.717, 1.165) is 15.6 Å². The summed E-state index contributed by atoms with van der Waals surface area (Å²) in [5.41, 5.74) is 2.89. The molecule has 0 aliphatic heterocycles. The maximum Gasteiger partial charge on any atom is 0.266 e. The molecule has 0 unspecified atom stereocenters. The third-order valence-electron chi connectivity index (χ3n) is 4.80. The summed E-state index contributed by atoms with van der Waals surface area (Å²) >= 11 is 9.63. The zero-order valence-electron chi connectivity index (χ0n) is 18.2. The van der Waals surface area contributed by atoms with Gasteiger partial charge in [-0.2, -0.15) is 5.26 Å². The Morgan fingerprint density at radius 3 is 2.64 bits per heavy atom. The molecule has 1 N–H and O–H groups in total. The number of halogens is 2. The third kappa shape index (κ3) is 6.38. The van der Waals surface area contributed by atoms with Crippen LogP contribution in [0.15, 0.2) is 70.7 Å². The summed E-state index contributed by atoms with van der Waals surface area (Å²) in [7, 11) is 0. The van der Waals surface area contributed by atoms with Crippen molar-refractivity contribution in [1.82, 2.24) is 0 Å². The van der Waals surface area contributed by atoms with E-state index in [4.69, 9.17) is 21.1 Å². The van der Waals surface area contributed by atoms with Crippen LogP contribution in [0, 0.1) is 18.3 Å². The molecule has 0 saturated carbocycles. The molecular formula is C26H22BrClN2O3. The minimum absolute atomic E-state index is 0.0429. The van der Waals surface area contributed by atoms with Gasteiger partial charge < -0.3 is 14.8 Å². The number of carbonyl (C=O) groups excluding carboxylic acids is 1. The number of nitrogens with one attached hydrogen (secondary N) is 1. The lowest BCUT2D eigenvalue weighted by Crippen LogP contribution is -2.14. The highest BCUT2D eigenvalue weighted by atomic mass is 79.9. The molecule has 3 rings (SSSR count). The van der Waals surface area contributed by atoms with E-state index in [1.165, 1.54) is 6.08 Å². The van der Waals surface area contributed by atoms with Gasteiger partial charge >= 0.3 is 0 Å². The molecule has 0 radical (unpaired) electrons. The molecule has 0 aliphatic carbocycles. The Morgan fingerprint density at radius 1 is 1.12 bits per heavy atom. The van der Waals surface area contributed by atoms with Crippen LogP contribution in [0.3, 0.4) is 0 Å². The van der Waals surface area contributed by atoms with Crippen molar-refractivity contribution in [3.05, 3.63) is 92.4 Å². The number of rotatable bonds is 8. The average Bonchev–Trinajstić information content (AvgIpc) is 2.81. The Bertz CT molecular complexity index is 1230. The van der Waals surface area contributed by atoms with Gasteiger partial charge in [0, 0.05) is 20.7 Å². The summed E-state index contributed by atoms with van der Waals surface area (Å²) in [6.45, 7) is 4.48. The van der Waals surface area contributed by atoms with Gasteiger partial charge in [0.25, 0.3) is 5.91 Å². The van der Waals surface area contributed by atoms with Crippen molar-refractivity contribution < 1.29 is 14.3 Å². The zero-order valence-corrected chi connectivity index (χ0v) is 20.5. The van der Waals surface area contributed by atoms with Gasteiger partial charge in [0.05, 0.1) is 6.61 Å². The summed E-state index contributed by atoms with van der Waals surface area (Å²) in [5.74, 6) is 0.582. The standard InChI is InChI=1S/C26H22BrClN2O3/c1-3-32-25-14-18(11-12-24(25)33-16-19-7-4-5-8-21(19)27)13-20(15-29)26(31)30-23-10-6-9-22(28)17(23)2/h4-14H,3,16H2,1-2H3,(H,30,31)/b20-13+. The first-order chi connectivity index (χ1) is 15.9. The molecule has 0 fully saturated rings. The quantitative estimate of drug-likeness (QED) is 0.256. The molecule has 3 aromatic rings. The van der Waals surface area contributed by atoms with Gasteiger partial charge in [0.1, 0.15) is 18.2 Å². The second-order valence-corrected chi connectivity index (χ2v) is 8.32. The SMILES string of the molecule is CCOc1cc(/C=C(\C#N)C(=O)Nc2cccc(Cl)c2C)ccc1OCc1ccccc1Br. The van der Waals surface area contributed by atoms with Crippen LogP contribution >= 0.6 is 27.5 Å². The van der Waals surface area contributed by atoms with Crippen LogP contribution in [0.4, 0.5) is 5.69 Å². The Hall–Kier alpha value is -3.27. The van der Waals surface area contributed by atoms with Crippen molar-refractivity contribution in [1.29, 1.82) is 5.26 Å². The topological polar surface area (TPSA) is 71.3 Å². The number of hydrogen-bond acceptors (Lipinski definition) is 4. The molecule has 168 valence electrons. The van der Waals surface area contributed by atoms with Crippen LogP contribution in [0.25, 0.3) is 6.08 Å². The molecule has 0 heterocycles. The molecule has 0 bridgehead atoms. The molecule has 7 heteroatoms. The van der Waals surface area contributed by atoms with Crippen molar-refractivity contribution in [2.45, 2.75) is 20.5 Å². The highest BCUT2D eigenvalue weighted by Gasteiger charge is 2.13. The van der Waals surface area contributed by atoms with E-state index < -0.39 is 5.91 Å². The maximum absolute atomic E-state index is 12.7. The molecule has 5 nitrogen and oxygen atoms in total. The van der Waals surface area contributed by atoms with Gasteiger partial charge in [-0.1, -0.05) is 57.9 Å². The normalized spacial score (nSPS) is 10.9. The van der Waals surface area contributed by atoms with Crippen LogP contribution in [0.2, 0.25) is 5.02 Å². The summed E-state index contributed by atoms with van der Waals surface area (Å²) in [5, 5.41) is 12.8. The first-order valence-electron chi connectivity index (χ1n) is 10.2. The number of amides is 1. The fraction of sp³-hybridized carbons (Fsp3) is 0.154. The molecular weight excluding hydrogens is 504 g/mol. The predicted octanol–water partition coefficient (Wildman–Crippen LogP) is 6.93. The van der Waals surface area contributed by atoms with Gasteiger partial charge in [-0.25, -0.2) is 0 Å². The van der Waals surface area contributed by atoms with Crippen LogP contribution < -0.4 is 14.8 Å². The molecule has 0 aliphatic rings. The summed E-state index contributed by atoms with van der Waals surface area (Å²) < 4.78 is 12.7. The van der Waals surface area contributed by atoms with E-state index in [9.17, 15) is 10.1 Å². The molecule has 0 spiro atoms. The second kappa shape index (κ2) is 11.6. The van der Waals surface area contributed by atoms with Crippen molar-refractivity contribution in [3.8, 4) is 17.6 Å². The van der Waals surface area contributed by atoms with Crippen LogP contribution in [-0.2, 0) is 11.4 Å². The Morgan fingerprint density at radius 2 is 1.91 bits per heavy atom. The van der Waals surface area contributed by atoms with Crippen molar-refractivity contribution >= 4 is 45.2 Å². The van der Waals surface area contributed by atoms with Crippen molar-refractivity contribution in [3.63, 3.8) is 0 Å². The monoisotopic (exact) mass is 524 g/mol. The number of nitrogens with zero attached hydrogens (tertiary/aromatic N) is 1. The van der Waals surface area contributed by atoms with Gasteiger partial charge in [-0.3, -0.25) is 4.79 Å². The Balaban J connectivity index is 1.81. The molecule has 3 aromatic carbocycles. The molecule has 33 heavy (non-hydrogen) atoms. The fourth-order valence-electron chi connectivity index (χ4n) is 3.02. The Kier molecular flexibility index (Phi) is 8.53.